The van der Waals surface area contributed by atoms with Gasteiger partial charge in [-0.2, -0.15) is 8.78 Å². The molecule has 0 saturated heterocycles. The van der Waals surface area contributed by atoms with Gasteiger partial charge in [-0.05, 0) is 39.7 Å². The Kier molecular flexibility index (Phi) is 5.64. The molecule has 21 heavy (non-hydrogen) atoms. The first-order valence-corrected chi connectivity index (χ1v) is 7.03. The van der Waals surface area contributed by atoms with Crippen molar-refractivity contribution in [2.45, 2.75) is 19.7 Å². The van der Waals surface area contributed by atoms with E-state index in [1.165, 1.54) is 12.1 Å². The SMILES string of the molecule is Fc1cc(CNCc2ccccc2OC(F)F)ccc1Br. The second-order valence-corrected chi connectivity index (χ2v) is 5.19. The molecule has 0 aliphatic heterocycles. The molecule has 0 aromatic heterocycles. The highest BCUT2D eigenvalue weighted by Crippen LogP contribution is 2.20. The summed E-state index contributed by atoms with van der Waals surface area (Å²) in [5, 5.41) is 3.07. The Morgan fingerprint density at radius 1 is 1.10 bits per heavy atom. The summed E-state index contributed by atoms with van der Waals surface area (Å²) < 4.78 is 42.8. The predicted octanol–water partition coefficient (Wildman–Crippen LogP) is 4.48. The van der Waals surface area contributed by atoms with E-state index in [1.54, 1.807) is 30.3 Å². The first-order valence-electron chi connectivity index (χ1n) is 6.23. The van der Waals surface area contributed by atoms with Crippen molar-refractivity contribution in [3.05, 3.63) is 63.9 Å². The number of para-hydroxylation sites is 1. The lowest BCUT2D eigenvalue weighted by molar-refractivity contribution is -0.0505. The lowest BCUT2D eigenvalue weighted by Crippen LogP contribution is -2.14. The molecule has 0 heterocycles. The summed E-state index contributed by atoms with van der Waals surface area (Å²) in [5.41, 5.74) is 1.39. The van der Waals surface area contributed by atoms with Gasteiger partial charge in [-0.1, -0.05) is 24.3 Å². The number of benzene rings is 2. The Morgan fingerprint density at radius 3 is 2.57 bits per heavy atom. The molecular weight excluding hydrogens is 347 g/mol. The van der Waals surface area contributed by atoms with Gasteiger partial charge in [0.05, 0.1) is 4.47 Å². The van der Waals surface area contributed by atoms with E-state index in [0.717, 1.165) is 5.56 Å². The van der Waals surface area contributed by atoms with Crippen LogP contribution in [0.4, 0.5) is 13.2 Å². The van der Waals surface area contributed by atoms with E-state index in [-0.39, 0.29) is 11.6 Å². The first-order chi connectivity index (χ1) is 10.1. The second kappa shape index (κ2) is 7.47. The molecule has 0 saturated carbocycles. The molecule has 2 nitrogen and oxygen atoms in total. The Balaban J connectivity index is 1.95. The van der Waals surface area contributed by atoms with Gasteiger partial charge < -0.3 is 10.1 Å². The molecule has 0 fully saturated rings. The van der Waals surface area contributed by atoms with Crippen LogP contribution in [0.25, 0.3) is 0 Å². The van der Waals surface area contributed by atoms with Crippen LogP contribution >= 0.6 is 15.9 Å². The van der Waals surface area contributed by atoms with E-state index in [0.29, 0.717) is 23.1 Å². The average Bonchev–Trinajstić information content (AvgIpc) is 2.44. The lowest BCUT2D eigenvalue weighted by Gasteiger charge is -2.11. The maximum absolute atomic E-state index is 13.4. The zero-order chi connectivity index (χ0) is 15.2. The fourth-order valence-electron chi connectivity index (χ4n) is 1.85. The van der Waals surface area contributed by atoms with Crippen LogP contribution in [0.2, 0.25) is 0 Å². The summed E-state index contributed by atoms with van der Waals surface area (Å²) in [6, 6.07) is 11.4. The number of alkyl halides is 2. The van der Waals surface area contributed by atoms with Gasteiger partial charge in [-0.15, -0.1) is 0 Å². The Morgan fingerprint density at radius 2 is 1.86 bits per heavy atom. The molecule has 0 atom stereocenters. The van der Waals surface area contributed by atoms with Gasteiger partial charge in [0.2, 0.25) is 0 Å². The molecule has 2 aromatic carbocycles. The first kappa shape index (κ1) is 15.9. The standard InChI is InChI=1S/C15H13BrF3NO/c16-12-6-5-10(7-13(12)17)8-20-9-11-3-1-2-4-14(11)21-15(18)19/h1-7,15,20H,8-9H2. The Labute approximate surface area is 129 Å². The van der Waals surface area contributed by atoms with Crippen molar-refractivity contribution in [2.75, 3.05) is 0 Å². The van der Waals surface area contributed by atoms with Crippen LogP contribution in [0, 0.1) is 5.82 Å². The third kappa shape index (κ3) is 4.75. The summed E-state index contributed by atoms with van der Waals surface area (Å²) >= 11 is 3.08. The minimum absolute atomic E-state index is 0.141. The fraction of sp³-hybridized carbons (Fsp3) is 0.200. The molecule has 0 unspecified atom stereocenters. The van der Waals surface area contributed by atoms with Crippen molar-refractivity contribution in [1.29, 1.82) is 0 Å². The zero-order valence-corrected chi connectivity index (χ0v) is 12.5. The third-order valence-corrected chi connectivity index (χ3v) is 3.46. The van der Waals surface area contributed by atoms with Gasteiger partial charge in [0.25, 0.3) is 0 Å². The number of hydrogen-bond acceptors (Lipinski definition) is 2. The van der Waals surface area contributed by atoms with Crippen LogP contribution in [-0.2, 0) is 13.1 Å². The van der Waals surface area contributed by atoms with Gasteiger partial charge >= 0.3 is 6.61 Å². The zero-order valence-electron chi connectivity index (χ0n) is 11.0. The monoisotopic (exact) mass is 359 g/mol. The van der Waals surface area contributed by atoms with Crippen molar-refractivity contribution >= 4 is 15.9 Å². The van der Waals surface area contributed by atoms with Crippen LogP contribution < -0.4 is 10.1 Å². The van der Waals surface area contributed by atoms with E-state index < -0.39 is 6.61 Å². The van der Waals surface area contributed by atoms with E-state index in [9.17, 15) is 13.2 Å². The minimum atomic E-state index is -2.85. The molecule has 0 aliphatic carbocycles. The molecule has 0 bridgehead atoms. The number of nitrogens with one attached hydrogen (secondary N) is 1. The molecule has 2 aromatic rings. The maximum Gasteiger partial charge on any atom is 0.387 e. The highest BCUT2D eigenvalue weighted by atomic mass is 79.9. The highest BCUT2D eigenvalue weighted by Gasteiger charge is 2.08. The smallest absolute Gasteiger partial charge is 0.387 e. The molecule has 112 valence electrons. The van der Waals surface area contributed by atoms with E-state index in [1.807, 2.05) is 0 Å². The van der Waals surface area contributed by atoms with Crippen molar-refractivity contribution in [2.24, 2.45) is 0 Å². The molecule has 0 amide bonds. The normalized spacial score (nSPS) is 10.9. The third-order valence-electron chi connectivity index (χ3n) is 2.82. The molecule has 2 rings (SSSR count). The van der Waals surface area contributed by atoms with Crippen LogP contribution in [0.3, 0.4) is 0 Å². The molecule has 1 N–H and O–H groups in total. The number of hydrogen-bond donors (Lipinski definition) is 1. The quantitative estimate of drug-likeness (QED) is 0.820. The van der Waals surface area contributed by atoms with Gasteiger partial charge in [0.1, 0.15) is 11.6 Å². The molecular formula is C15H13BrF3NO. The summed E-state index contributed by atoms with van der Waals surface area (Å²) in [7, 11) is 0. The van der Waals surface area contributed by atoms with Gasteiger partial charge in [0.15, 0.2) is 0 Å². The van der Waals surface area contributed by atoms with Crippen LogP contribution in [0.5, 0.6) is 5.75 Å². The summed E-state index contributed by atoms with van der Waals surface area (Å²) in [6.45, 7) is -2.08. The Bertz CT molecular complexity index is 607. The van der Waals surface area contributed by atoms with Crippen LogP contribution in [0.15, 0.2) is 46.9 Å². The van der Waals surface area contributed by atoms with Crippen molar-refractivity contribution in [3.63, 3.8) is 0 Å². The molecule has 6 heteroatoms. The highest BCUT2D eigenvalue weighted by molar-refractivity contribution is 9.10. The van der Waals surface area contributed by atoms with E-state index in [4.69, 9.17) is 0 Å². The topological polar surface area (TPSA) is 21.3 Å². The molecule has 0 radical (unpaired) electrons. The van der Waals surface area contributed by atoms with E-state index >= 15 is 0 Å². The number of halogens is 4. The largest absolute Gasteiger partial charge is 0.434 e. The number of rotatable bonds is 6. The van der Waals surface area contributed by atoms with Crippen LogP contribution in [-0.4, -0.2) is 6.61 Å². The number of ether oxygens (including phenoxy) is 1. The van der Waals surface area contributed by atoms with Crippen molar-refractivity contribution in [3.8, 4) is 5.75 Å². The average molecular weight is 360 g/mol. The fourth-order valence-corrected chi connectivity index (χ4v) is 2.10. The Hall–Kier alpha value is -1.53. The predicted molar refractivity (Wildman–Crippen MR) is 77.7 cm³/mol. The van der Waals surface area contributed by atoms with Gasteiger partial charge in [-0.3, -0.25) is 0 Å². The minimum Gasteiger partial charge on any atom is -0.434 e. The summed E-state index contributed by atoms with van der Waals surface area (Å²) in [5.74, 6) is -0.197. The lowest BCUT2D eigenvalue weighted by atomic mass is 10.2. The molecule has 0 spiro atoms. The maximum atomic E-state index is 13.4. The van der Waals surface area contributed by atoms with Gasteiger partial charge in [-0.25, -0.2) is 4.39 Å². The van der Waals surface area contributed by atoms with Gasteiger partial charge in [0, 0.05) is 18.7 Å². The summed E-state index contributed by atoms with van der Waals surface area (Å²) in [4.78, 5) is 0. The van der Waals surface area contributed by atoms with Crippen molar-refractivity contribution < 1.29 is 17.9 Å². The molecule has 0 aliphatic rings. The van der Waals surface area contributed by atoms with E-state index in [2.05, 4.69) is 26.0 Å². The second-order valence-electron chi connectivity index (χ2n) is 4.34. The summed E-state index contributed by atoms with van der Waals surface area (Å²) in [6.07, 6.45) is 0. The van der Waals surface area contributed by atoms with Crippen LogP contribution in [0.1, 0.15) is 11.1 Å². The van der Waals surface area contributed by atoms with Crippen molar-refractivity contribution in [1.82, 2.24) is 5.32 Å².